The number of benzene rings is 1. The number of nitrogens with zero attached hydrogens (tertiary/aromatic N) is 1. The summed E-state index contributed by atoms with van der Waals surface area (Å²) in [6, 6.07) is 7.19. The van der Waals surface area contributed by atoms with E-state index >= 15 is 0 Å². The molecule has 2 rings (SSSR count). The number of nitrogens with one attached hydrogen (secondary N) is 2. The second-order valence-corrected chi connectivity index (χ2v) is 6.42. The molecule has 0 bridgehead atoms. The number of methoxy groups -OCH3 is 1. The molecule has 26 heavy (non-hydrogen) atoms. The normalized spacial score (nSPS) is 14.2. The van der Waals surface area contributed by atoms with E-state index < -0.39 is 0 Å². The second kappa shape index (κ2) is 11.8. The molecule has 0 saturated carbocycles. The van der Waals surface area contributed by atoms with E-state index in [4.69, 9.17) is 4.74 Å². The van der Waals surface area contributed by atoms with Gasteiger partial charge >= 0.3 is 0 Å². The number of hydrogen-bond acceptors (Lipinski definition) is 4. The zero-order valence-electron chi connectivity index (χ0n) is 15.6. The smallest absolute Gasteiger partial charge is 0.243 e. The number of anilines is 1. The number of rotatable bonds is 8. The van der Waals surface area contributed by atoms with Gasteiger partial charge in [0.25, 0.3) is 0 Å². The monoisotopic (exact) mass is 383 g/mol. The van der Waals surface area contributed by atoms with Crippen molar-refractivity contribution in [3.05, 3.63) is 24.3 Å². The Bertz CT molecular complexity index is 577. The predicted octanol–water partition coefficient (Wildman–Crippen LogP) is 2.68. The molecule has 0 aromatic heterocycles. The first kappa shape index (κ1) is 22.3. The molecule has 1 aliphatic heterocycles. The lowest BCUT2D eigenvalue weighted by atomic mass is 9.93. The Hall–Kier alpha value is -1.79. The van der Waals surface area contributed by atoms with E-state index in [1.165, 1.54) is 0 Å². The van der Waals surface area contributed by atoms with Crippen LogP contribution >= 0.6 is 12.4 Å². The molecule has 2 N–H and O–H groups in total. The van der Waals surface area contributed by atoms with Gasteiger partial charge in [-0.05, 0) is 57.3 Å². The number of halogens is 1. The molecule has 1 aromatic carbocycles. The first-order valence-electron chi connectivity index (χ1n) is 9.04. The number of carbonyl (C=O) groups excluding carboxylic acids is 2. The second-order valence-electron chi connectivity index (χ2n) is 6.42. The van der Waals surface area contributed by atoms with Crippen LogP contribution in [0.1, 0.15) is 32.6 Å². The van der Waals surface area contributed by atoms with Gasteiger partial charge in [0.05, 0.1) is 13.7 Å². The molecule has 0 unspecified atom stereocenters. The first-order valence-corrected chi connectivity index (χ1v) is 9.04. The third-order valence-corrected chi connectivity index (χ3v) is 4.65. The molecule has 1 heterocycles. The van der Waals surface area contributed by atoms with Gasteiger partial charge < -0.3 is 20.3 Å². The summed E-state index contributed by atoms with van der Waals surface area (Å²) in [5, 5.41) is 6.16. The Morgan fingerprint density at radius 3 is 2.69 bits per heavy atom. The van der Waals surface area contributed by atoms with Crippen molar-refractivity contribution in [2.45, 2.75) is 32.6 Å². The summed E-state index contributed by atoms with van der Waals surface area (Å²) in [5.41, 5.74) is 0.669. The maximum atomic E-state index is 12.4. The number of likely N-dealkylation sites (N-methyl/N-ethyl adjacent to an activating group) is 1. The van der Waals surface area contributed by atoms with E-state index in [2.05, 4.69) is 10.6 Å². The molecule has 6 nitrogen and oxygen atoms in total. The fraction of sp³-hybridized carbons (Fsp3) is 0.579. The highest BCUT2D eigenvalue weighted by atomic mass is 35.5. The number of ether oxygens (including phenoxy) is 1. The van der Waals surface area contributed by atoms with Crippen LogP contribution < -0.4 is 15.4 Å². The van der Waals surface area contributed by atoms with Crippen LogP contribution in [0.3, 0.4) is 0 Å². The van der Waals surface area contributed by atoms with Crippen LogP contribution in [0.5, 0.6) is 5.75 Å². The molecule has 1 fully saturated rings. The van der Waals surface area contributed by atoms with Crippen molar-refractivity contribution in [3.63, 3.8) is 0 Å². The van der Waals surface area contributed by atoms with Gasteiger partial charge in [-0.3, -0.25) is 9.59 Å². The zero-order valence-corrected chi connectivity index (χ0v) is 16.4. The first-order chi connectivity index (χ1) is 12.1. The molecule has 0 aliphatic carbocycles. The molecule has 7 heteroatoms. The molecule has 2 amide bonds. The van der Waals surface area contributed by atoms with Crippen molar-refractivity contribution >= 4 is 29.9 Å². The zero-order chi connectivity index (χ0) is 18.1. The Morgan fingerprint density at radius 2 is 2.04 bits per heavy atom. The molecule has 1 aliphatic rings. The van der Waals surface area contributed by atoms with Crippen LogP contribution in [0.15, 0.2) is 24.3 Å². The SMILES string of the molecule is CCN(CC(=O)Nc1cccc(OC)c1)C(=O)CCC1CCNCC1.Cl. The molecule has 1 aromatic rings. The minimum atomic E-state index is -0.190. The standard InChI is InChI=1S/C19H29N3O3.ClH/c1-3-22(19(24)8-7-15-9-11-20-12-10-15)14-18(23)21-16-5-4-6-17(13-16)25-2;/h4-6,13,15,20H,3,7-12,14H2,1-2H3,(H,21,23);1H. The van der Waals surface area contributed by atoms with Gasteiger partial charge in [-0.2, -0.15) is 0 Å². The van der Waals surface area contributed by atoms with E-state index in [0.717, 1.165) is 32.4 Å². The van der Waals surface area contributed by atoms with E-state index in [1.54, 1.807) is 24.1 Å². The van der Waals surface area contributed by atoms with Gasteiger partial charge in [-0.1, -0.05) is 6.07 Å². The lowest BCUT2D eigenvalue weighted by Crippen LogP contribution is -2.38. The Morgan fingerprint density at radius 1 is 1.31 bits per heavy atom. The largest absolute Gasteiger partial charge is 0.497 e. The number of piperidine rings is 1. The van der Waals surface area contributed by atoms with Gasteiger partial charge in [0.15, 0.2) is 0 Å². The highest BCUT2D eigenvalue weighted by Gasteiger charge is 2.19. The van der Waals surface area contributed by atoms with Crippen LogP contribution in [0.2, 0.25) is 0 Å². The minimum absolute atomic E-state index is 0. The summed E-state index contributed by atoms with van der Waals surface area (Å²) in [4.78, 5) is 26.3. The molecular weight excluding hydrogens is 354 g/mol. The maximum absolute atomic E-state index is 12.4. The average Bonchev–Trinajstić information content (AvgIpc) is 2.65. The highest BCUT2D eigenvalue weighted by molar-refractivity contribution is 5.94. The lowest BCUT2D eigenvalue weighted by Gasteiger charge is -2.24. The summed E-state index contributed by atoms with van der Waals surface area (Å²) >= 11 is 0. The number of hydrogen-bond donors (Lipinski definition) is 2. The van der Waals surface area contributed by atoms with Crippen molar-refractivity contribution in [2.75, 3.05) is 38.6 Å². The molecule has 0 radical (unpaired) electrons. The molecular formula is C19H30ClN3O3. The van der Waals surface area contributed by atoms with Gasteiger partial charge in [0, 0.05) is 24.7 Å². The fourth-order valence-electron chi connectivity index (χ4n) is 3.11. The van der Waals surface area contributed by atoms with E-state index in [9.17, 15) is 9.59 Å². The van der Waals surface area contributed by atoms with Crippen molar-refractivity contribution in [2.24, 2.45) is 5.92 Å². The summed E-state index contributed by atoms with van der Waals surface area (Å²) in [6.45, 7) is 4.61. The van der Waals surface area contributed by atoms with E-state index in [0.29, 0.717) is 30.3 Å². The van der Waals surface area contributed by atoms with Gasteiger partial charge in [-0.25, -0.2) is 0 Å². The van der Waals surface area contributed by atoms with E-state index in [-0.39, 0.29) is 30.8 Å². The third-order valence-electron chi connectivity index (χ3n) is 4.65. The van der Waals surface area contributed by atoms with Crippen LogP contribution in [0.4, 0.5) is 5.69 Å². The third kappa shape index (κ3) is 7.22. The van der Waals surface area contributed by atoms with Gasteiger partial charge in [0.1, 0.15) is 5.75 Å². The van der Waals surface area contributed by atoms with Crippen LogP contribution in [0.25, 0.3) is 0 Å². The lowest BCUT2D eigenvalue weighted by molar-refractivity contribution is -0.134. The predicted molar refractivity (Wildman–Crippen MR) is 106 cm³/mol. The fourth-order valence-corrected chi connectivity index (χ4v) is 3.11. The molecule has 1 saturated heterocycles. The van der Waals surface area contributed by atoms with Crippen LogP contribution in [0, 0.1) is 5.92 Å². The van der Waals surface area contributed by atoms with Crippen LogP contribution in [-0.2, 0) is 9.59 Å². The molecule has 0 atom stereocenters. The molecule has 146 valence electrons. The van der Waals surface area contributed by atoms with Gasteiger partial charge in [0.2, 0.25) is 11.8 Å². The number of amides is 2. The minimum Gasteiger partial charge on any atom is -0.497 e. The summed E-state index contributed by atoms with van der Waals surface area (Å²) in [6.07, 6.45) is 3.70. The molecule has 0 spiro atoms. The summed E-state index contributed by atoms with van der Waals surface area (Å²) < 4.78 is 5.15. The highest BCUT2D eigenvalue weighted by Crippen LogP contribution is 2.19. The summed E-state index contributed by atoms with van der Waals surface area (Å²) in [5.74, 6) is 1.17. The van der Waals surface area contributed by atoms with Crippen molar-refractivity contribution < 1.29 is 14.3 Å². The number of carbonyl (C=O) groups is 2. The average molecular weight is 384 g/mol. The van der Waals surface area contributed by atoms with Crippen LogP contribution in [-0.4, -0.2) is 50.0 Å². The quantitative estimate of drug-likeness (QED) is 0.724. The topological polar surface area (TPSA) is 70.7 Å². The Labute approximate surface area is 162 Å². The summed E-state index contributed by atoms with van der Waals surface area (Å²) in [7, 11) is 1.58. The maximum Gasteiger partial charge on any atom is 0.243 e. The Balaban J connectivity index is 0.00000338. The van der Waals surface area contributed by atoms with Crippen molar-refractivity contribution in [1.29, 1.82) is 0 Å². The van der Waals surface area contributed by atoms with Gasteiger partial charge in [-0.15, -0.1) is 12.4 Å². The Kier molecular flexibility index (Phi) is 10.1. The van der Waals surface area contributed by atoms with Crippen molar-refractivity contribution in [3.8, 4) is 5.75 Å². The van der Waals surface area contributed by atoms with E-state index in [1.807, 2.05) is 19.1 Å². The van der Waals surface area contributed by atoms with Crippen molar-refractivity contribution in [1.82, 2.24) is 10.2 Å².